The molecule has 1 aromatic carbocycles. The monoisotopic (exact) mass is 368 g/mol. The van der Waals surface area contributed by atoms with Crippen LogP contribution in [0.2, 0.25) is 0 Å². The average molecular weight is 368 g/mol. The van der Waals surface area contributed by atoms with Crippen LogP contribution in [0.15, 0.2) is 54.2 Å². The third-order valence-electron chi connectivity index (χ3n) is 3.24. The molecule has 0 saturated carbocycles. The number of ether oxygens (including phenoxy) is 1. The zero-order valence-corrected chi connectivity index (χ0v) is 15.6. The molecule has 0 spiro atoms. The molecule has 0 aliphatic carbocycles. The van der Waals surface area contributed by atoms with Crippen LogP contribution >= 0.6 is 11.3 Å². The summed E-state index contributed by atoms with van der Waals surface area (Å²) in [6.45, 7) is 5.48. The van der Waals surface area contributed by atoms with Gasteiger partial charge < -0.3 is 10.1 Å². The molecule has 0 radical (unpaired) electrons. The Morgan fingerprint density at radius 1 is 1.12 bits per heavy atom. The molecule has 0 unspecified atom stereocenters. The molecule has 3 aromatic rings. The topological polar surface area (TPSA) is 76.1 Å². The van der Waals surface area contributed by atoms with Crippen molar-refractivity contribution in [1.82, 2.24) is 9.97 Å². The van der Waals surface area contributed by atoms with E-state index in [1.54, 1.807) is 12.4 Å². The van der Waals surface area contributed by atoms with Crippen LogP contribution in [0.5, 0.6) is 0 Å². The summed E-state index contributed by atoms with van der Waals surface area (Å²) < 4.78 is 5.23. The molecular weight excluding hydrogens is 348 g/mol. The Balaban J connectivity index is 1.61. The highest BCUT2D eigenvalue weighted by atomic mass is 32.1. The van der Waals surface area contributed by atoms with Gasteiger partial charge >= 0.3 is 6.09 Å². The zero-order valence-electron chi connectivity index (χ0n) is 14.8. The fourth-order valence-corrected chi connectivity index (χ4v) is 2.90. The van der Waals surface area contributed by atoms with Gasteiger partial charge in [0, 0.05) is 34.7 Å². The number of rotatable bonds is 4. The summed E-state index contributed by atoms with van der Waals surface area (Å²) in [4.78, 5) is 20.5. The Hall–Kier alpha value is -2.93. The molecule has 1 amide bonds. The van der Waals surface area contributed by atoms with Gasteiger partial charge in [0.2, 0.25) is 0 Å². The summed E-state index contributed by atoms with van der Waals surface area (Å²) >= 11 is 1.52. The van der Waals surface area contributed by atoms with Gasteiger partial charge in [0.1, 0.15) is 5.60 Å². The summed E-state index contributed by atoms with van der Waals surface area (Å²) in [6, 6.07) is 11.2. The second-order valence-corrected chi connectivity index (χ2v) is 7.47. The summed E-state index contributed by atoms with van der Waals surface area (Å²) in [7, 11) is 0. The van der Waals surface area contributed by atoms with Crippen LogP contribution in [-0.4, -0.2) is 21.7 Å². The number of carbonyl (C=O) groups is 1. The maximum atomic E-state index is 11.8. The van der Waals surface area contributed by atoms with E-state index >= 15 is 0 Å². The first-order chi connectivity index (χ1) is 12.4. The molecular formula is C19H20N4O2S. The van der Waals surface area contributed by atoms with Gasteiger partial charge in [0.15, 0.2) is 5.13 Å². The molecule has 0 fully saturated rings. The minimum atomic E-state index is -0.525. The zero-order chi connectivity index (χ0) is 18.6. The van der Waals surface area contributed by atoms with Crippen molar-refractivity contribution < 1.29 is 9.53 Å². The number of hydrogen-bond donors (Lipinski definition) is 2. The third kappa shape index (κ3) is 5.03. The number of benzene rings is 1. The number of hydrogen-bond acceptors (Lipinski definition) is 6. The molecule has 7 heteroatoms. The molecule has 2 heterocycles. The molecule has 0 aliphatic rings. The number of aromatic nitrogens is 2. The summed E-state index contributed by atoms with van der Waals surface area (Å²) in [6.07, 6.45) is 3.05. The Kier molecular flexibility index (Phi) is 5.18. The van der Waals surface area contributed by atoms with Crippen molar-refractivity contribution >= 4 is 33.9 Å². The number of amides is 1. The van der Waals surface area contributed by atoms with Gasteiger partial charge in [-0.05, 0) is 57.2 Å². The second-order valence-electron chi connectivity index (χ2n) is 6.61. The van der Waals surface area contributed by atoms with E-state index in [-0.39, 0.29) is 0 Å². The molecule has 26 heavy (non-hydrogen) atoms. The third-order valence-corrected chi connectivity index (χ3v) is 4.00. The number of anilines is 3. The SMILES string of the molecule is CC(C)(C)OC(=O)Nc1ccc(Nc2nc(-c3cccnc3)cs2)cc1. The molecule has 2 N–H and O–H groups in total. The molecule has 2 aromatic heterocycles. The van der Waals surface area contributed by atoms with E-state index in [1.807, 2.05) is 62.5 Å². The van der Waals surface area contributed by atoms with Crippen molar-refractivity contribution in [3.63, 3.8) is 0 Å². The molecule has 134 valence electrons. The van der Waals surface area contributed by atoms with Gasteiger partial charge in [-0.25, -0.2) is 9.78 Å². The number of nitrogens with zero attached hydrogens (tertiary/aromatic N) is 2. The van der Waals surface area contributed by atoms with E-state index in [1.165, 1.54) is 11.3 Å². The highest BCUT2D eigenvalue weighted by Gasteiger charge is 2.16. The first kappa shape index (κ1) is 17.9. The van der Waals surface area contributed by atoms with Gasteiger partial charge in [-0.1, -0.05) is 0 Å². The van der Waals surface area contributed by atoms with E-state index in [2.05, 4.69) is 20.6 Å². The Morgan fingerprint density at radius 2 is 1.85 bits per heavy atom. The van der Waals surface area contributed by atoms with Gasteiger partial charge in [0.05, 0.1) is 5.69 Å². The molecule has 3 rings (SSSR count). The van der Waals surface area contributed by atoms with Crippen LogP contribution in [0.25, 0.3) is 11.3 Å². The Bertz CT molecular complexity index is 871. The molecule has 0 saturated heterocycles. The lowest BCUT2D eigenvalue weighted by Gasteiger charge is -2.19. The molecule has 6 nitrogen and oxygen atoms in total. The van der Waals surface area contributed by atoms with Crippen molar-refractivity contribution in [2.75, 3.05) is 10.6 Å². The first-order valence-electron chi connectivity index (χ1n) is 8.12. The van der Waals surface area contributed by atoms with Crippen LogP contribution in [0.1, 0.15) is 20.8 Å². The van der Waals surface area contributed by atoms with Gasteiger partial charge in [-0.15, -0.1) is 11.3 Å². The van der Waals surface area contributed by atoms with E-state index in [0.29, 0.717) is 5.69 Å². The second kappa shape index (κ2) is 7.53. The first-order valence-corrected chi connectivity index (χ1v) is 9.00. The van der Waals surface area contributed by atoms with E-state index < -0.39 is 11.7 Å². The Labute approximate surface area is 156 Å². The van der Waals surface area contributed by atoms with Gasteiger partial charge in [-0.3, -0.25) is 10.3 Å². The molecule has 0 aliphatic heterocycles. The average Bonchev–Trinajstić information content (AvgIpc) is 3.04. The summed E-state index contributed by atoms with van der Waals surface area (Å²) in [5.74, 6) is 0. The predicted molar refractivity (Wildman–Crippen MR) is 105 cm³/mol. The fraction of sp³-hybridized carbons (Fsp3) is 0.211. The van der Waals surface area contributed by atoms with Crippen molar-refractivity contribution in [1.29, 1.82) is 0 Å². The maximum Gasteiger partial charge on any atom is 0.412 e. The lowest BCUT2D eigenvalue weighted by molar-refractivity contribution is 0.0636. The van der Waals surface area contributed by atoms with E-state index in [4.69, 9.17) is 4.74 Å². The smallest absolute Gasteiger partial charge is 0.412 e. The molecule has 0 atom stereocenters. The number of thiazole rings is 1. The van der Waals surface area contributed by atoms with Gasteiger partial charge in [0.25, 0.3) is 0 Å². The lowest BCUT2D eigenvalue weighted by atomic mass is 10.2. The van der Waals surface area contributed by atoms with Crippen LogP contribution in [0.3, 0.4) is 0 Å². The predicted octanol–water partition coefficient (Wildman–Crippen LogP) is 5.30. The lowest BCUT2D eigenvalue weighted by Crippen LogP contribution is -2.27. The van der Waals surface area contributed by atoms with Gasteiger partial charge in [-0.2, -0.15) is 0 Å². The molecule has 0 bridgehead atoms. The highest BCUT2D eigenvalue weighted by Crippen LogP contribution is 2.27. The number of carbonyl (C=O) groups excluding carboxylic acids is 1. The van der Waals surface area contributed by atoms with Crippen molar-refractivity contribution in [3.8, 4) is 11.3 Å². The van der Waals surface area contributed by atoms with Crippen LogP contribution in [0, 0.1) is 0 Å². The van der Waals surface area contributed by atoms with Crippen molar-refractivity contribution in [2.24, 2.45) is 0 Å². The fourth-order valence-electron chi connectivity index (χ4n) is 2.16. The van der Waals surface area contributed by atoms with Crippen LogP contribution in [-0.2, 0) is 4.74 Å². The minimum absolute atomic E-state index is 0.473. The largest absolute Gasteiger partial charge is 0.444 e. The van der Waals surface area contributed by atoms with Crippen molar-refractivity contribution in [3.05, 3.63) is 54.2 Å². The normalized spacial score (nSPS) is 11.0. The standard InChI is InChI=1S/C19H20N4O2S/c1-19(2,3)25-18(24)22-15-8-6-14(7-9-15)21-17-23-16(12-26-17)13-5-4-10-20-11-13/h4-12H,1-3H3,(H,21,23)(H,22,24). The van der Waals surface area contributed by atoms with Crippen LogP contribution < -0.4 is 10.6 Å². The Morgan fingerprint density at radius 3 is 2.50 bits per heavy atom. The minimum Gasteiger partial charge on any atom is -0.444 e. The van der Waals surface area contributed by atoms with E-state index in [0.717, 1.165) is 22.1 Å². The summed E-state index contributed by atoms with van der Waals surface area (Å²) in [5.41, 5.74) is 2.89. The number of nitrogens with one attached hydrogen (secondary N) is 2. The van der Waals surface area contributed by atoms with Crippen molar-refractivity contribution in [2.45, 2.75) is 26.4 Å². The van der Waals surface area contributed by atoms with E-state index in [9.17, 15) is 4.79 Å². The highest BCUT2D eigenvalue weighted by molar-refractivity contribution is 7.14. The van der Waals surface area contributed by atoms with Crippen LogP contribution in [0.4, 0.5) is 21.3 Å². The summed E-state index contributed by atoms with van der Waals surface area (Å²) in [5, 5.41) is 8.73. The maximum absolute atomic E-state index is 11.8. The quantitative estimate of drug-likeness (QED) is 0.654. The number of pyridine rings is 1.